The van der Waals surface area contributed by atoms with Crippen molar-refractivity contribution in [1.82, 2.24) is 10.1 Å². The summed E-state index contributed by atoms with van der Waals surface area (Å²) >= 11 is 0. The van der Waals surface area contributed by atoms with Crippen molar-refractivity contribution in [3.8, 4) is 5.88 Å². The Labute approximate surface area is 87.9 Å². The summed E-state index contributed by atoms with van der Waals surface area (Å²) in [5.74, 6) is 1.30. The normalized spacial score (nSPS) is 10.3. The van der Waals surface area contributed by atoms with Gasteiger partial charge in [-0.25, -0.2) is 4.98 Å². The highest BCUT2D eigenvalue weighted by atomic mass is 16.5. The number of pyridine rings is 1. The van der Waals surface area contributed by atoms with Gasteiger partial charge >= 0.3 is 0 Å². The molecule has 0 aliphatic rings. The van der Waals surface area contributed by atoms with Gasteiger partial charge in [-0.2, -0.15) is 0 Å². The van der Waals surface area contributed by atoms with Crippen LogP contribution in [0.25, 0.3) is 0 Å². The van der Waals surface area contributed by atoms with Crippen molar-refractivity contribution in [3.05, 3.63) is 41.4 Å². The maximum atomic E-state index is 5.42. The van der Waals surface area contributed by atoms with Crippen LogP contribution in [-0.4, -0.2) is 10.1 Å². The third-order valence-corrected chi connectivity index (χ3v) is 1.92. The molecule has 0 aromatic carbocycles. The minimum absolute atomic E-state index is 0.358. The Kier molecular flexibility index (Phi) is 2.67. The summed E-state index contributed by atoms with van der Waals surface area (Å²) in [5.41, 5.74) is 1.96. The zero-order chi connectivity index (χ0) is 10.7. The van der Waals surface area contributed by atoms with Crippen LogP contribution < -0.4 is 4.74 Å². The fourth-order valence-corrected chi connectivity index (χ4v) is 1.17. The van der Waals surface area contributed by atoms with Crippen LogP contribution >= 0.6 is 0 Å². The molecule has 0 aliphatic carbocycles. The Hall–Kier alpha value is -1.84. The zero-order valence-electron chi connectivity index (χ0n) is 8.73. The summed E-state index contributed by atoms with van der Waals surface area (Å²) in [7, 11) is 0. The van der Waals surface area contributed by atoms with Crippen molar-refractivity contribution in [2.45, 2.75) is 20.5 Å². The lowest BCUT2D eigenvalue weighted by Crippen LogP contribution is -1.95. The van der Waals surface area contributed by atoms with E-state index in [0.717, 1.165) is 11.3 Å². The maximum Gasteiger partial charge on any atom is 0.213 e. The quantitative estimate of drug-likeness (QED) is 0.769. The molecule has 0 fully saturated rings. The van der Waals surface area contributed by atoms with E-state index in [1.165, 1.54) is 0 Å². The Morgan fingerprint density at radius 3 is 2.80 bits per heavy atom. The van der Waals surface area contributed by atoms with E-state index in [9.17, 15) is 0 Å². The molecule has 0 spiro atoms. The first kappa shape index (κ1) is 9.71. The fourth-order valence-electron chi connectivity index (χ4n) is 1.17. The van der Waals surface area contributed by atoms with Gasteiger partial charge in [-0.15, -0.1) is 0 Å². The number of ether oxygens (including phenoxy) is 1. The molecular formula is C11H12N2O2. The second-order valence-electron chi connectivity index (χ2n) is 3.40. The molecule has 0 aliphatic heterocycles. The predicted molar refractivity (Wildman–Crippen MR) is 54.5 cm³/mol. The third-order valence-electron chi connectivity index (χ3n) is 1.92. The SMILES string of the molecule is Cc1ccc(OCc2cc(C)no2)nc1. The Morgan fingerprint density at radius 1 is 1.33 bits per heavy atom. The lowest BCUT2D eigenvalue weighted by atomic mass is 10.3. The molecule has 0 unspecified atom stereocenters. The molecule has 2 heterocycles. The van der Waals surface area contributed by atoms with Crippen molar-refractivity contribution in [2.75, 3.05) is 0 Å². The van der Waals surface area contributed by atoms with Crippen LogP contribution in [0.3, 0.4) is 0 Å². The average molecular weight is 204 g/mol. The number of rotatable bonds is 3. The summed E-state index contributed by atoms with van der Waals surface area (Å²) in [4.78, 5) is 4.12. The van der Waals surface area contributed by atoms with Crippen LogP contribution in [0.2, 0.25) is 0 Å². The highest BCUT2D eigenvalue weighted by Gasteiger charge is 2.01. The molecule has 2 rings (SSSR count). The molecule has 4 heteroatoms. The third kappa shape index (κ3) is 2.56. The first-order chi connectivity index (χ1) is 7.24. The zero-order valence-corrected chi connectivity index (χ0v) is 8.73. The lowest BCUT2D eigenvalue weighted by molar-refractivity contribution is 0.241. The predicted octanol–water partition coefficient (Wildman–Crippen LogP) is 2.27. The monoisotopic (exact) mass is 204 g/mol. The summed E-state index contributed by atoms with van der Waals surface area (Å²) < 4.78 is 10.4. The van der Waals surface area contributed by atoms with Crippen molar-refractivity contribution < 1.29 is 9.26 Å². The minimum atomic E-state index is 0.358. The number of hydrogen-bond donors (Lipinski definition) is 0. The van der Waals surface area contributed by atoms with Gasteiger partial charge < -0.3 is 9.26 Å². The molecule has 0 amide bonds. The van der Waals surface area contributed by atoms with E-state index in [2.05, 4.69) is 10.1 Å². The Bertz CT molecular complexity index is 434. The van der Waals surface area contributed by atoms with Gasteiger partial charge in [0.2, 0.25) is 5.88 Å². The Morgan fingerprint density at radius 2 is 2.20 bits per heavy atom. The summed E-state index contributed by atoms with van der Waals surface area (Å²) in [6, 6.07) is 5.63. The summed E-state index contributed by atoms with van der Waals surface area (Å²) in [6.07, 6.45) is 1.76. The van der Waals surface area contributed by atoms with Crippen molar-refractivity contribution in [3.63, 3.8) is 0 Å². The summed E-state index contributed by atoms with van der Waals surface area (Å²) in [5, 5.41) is 3.77. The Balaban J connectivity index is 1.96. The van der Waals surface area contributed by atoms with E-state index in [-0.39, 0.29) is 0 Å². The van der Waals surface area contributed by atoms with Gasteiger partial charge in [0, 0.05) is 18.3 Å². The van der Waals surface area contributed by atoms with Crippen LogP contribution in [0.15, 0.2) is 28.9 Å². The number of aromatic nitrogens is 2. The van der Waals surface area contributed by atoms with Crippen molar-refractivity contribution >= 4 is 0 Å². The van der Waals surface area contributed by atoms with Gasteiger partial charge in [-0.3, -0.25) is 0 Å². The second-order valence-corrected chi connectivity index (χ2v) is 3.40. The molecule has 78 valence electrons. The molecule has 0 radical (unpaired) electrons. The van der Waals surface area contributed by atoms with Gasteiger partial charge in [0.05, 0.1) is 5.69 Å². The fraction of sp³-hybridized carbons (Fsp3) is 0.273. The average Bonchev–Trinajstić information content (AvgIpc) is 2.64. The molecule has 0 bridgehead atoms. The highest BCUT2D eigenvalue weighted by molar-refractivity contribution is 5.16. The smallest absolute Gasteiger partial charge is 0.213 e. The van der Waals surface area contributed by atoms with E-state index < -0.39 is 0 Å². The van der Waals surface area contributed by atoms with E-state index in [1.807, 2.05) is 32.0 Å². The number of hydrogen-bond acceptors (Lipinski definition) is 4. The van der Waals surface area contributed by atoms with E-state index in [4.69, 9.17) is 9.26 Å². The second kappa shape index (κ2) is 4.13. The number of aryl methyl sites for hydroxylation is 2. The molecule has 2 aromatic heterocycles. The van der Waals surface area contributed by atoms with Crippen LogP contribution in [0.5, 0.6) is 5.88 Å². The van der Waals surface area contributed by atoms with Gasteiger partial charge in [0.15, 0.2) is 12.4 Å². The van der Waals surface area contributed by atoms with E-state index in [1.54, 1.807) is 6.20 Å². The first-order valence-electron chi connectivity index (χ1n) is 4.72. The van der Waals surface area contributed by atoms with Gasteiger partial charge in [-0.05, 0) is 19.4 Å². The van der Waals surface area contributed by atoms with Crippen LogP contribution in [0.4, 0.5) is 0 Å². The number of nitrogens with zero attached hydrogens (tertiary/aromatic N) is 2. The highest BCUT2D eigenvalue weighted by Crippen LogP contribution is 2.10. The summed E-state index contributed by atoms with van der Waals surface area (Å²) in [6.45, 7) is 4.21. The van der Waals surface area contributed by atoms with Gasteiger partial charge in [0.25, 0.3) is 0 Å². The molecule has 15 heavy (non-hydrogen) atoms. The standard InChI is InChI=1S/C11H12N2O2/c1-8-3-4-11(12-6-8)14-7-10-5-9(2)13-15-10/h3-6H,7H2,1-2H3. The van der Waals surface area contributed by atoms with E-state index >= 15 is 0 Å². The molecule has 0 N–H and O–H groups in total. The van der Waals surface area contributed by atoms with Crippen molar-refractivity contribution in [1.29, 1.82) is 0 Å². The van der Waals surface area contributed by atoms with Crippen molar-refractivity contribution in [2.24, 2.45) is 0 Å². The molecule has 2 aromatic rings. The van der Waals surface area contributed by atoms with Gasteiger partial charge in [-0.1, -0.05) is 11.2 Å². The largest absolute Gasteiger partial charge is 0.469 e. The first-order valence-corrected chi connectivity index (χ1v) is 4.72. The minimum Gasteiger partial charge on any atom is -0.469 e. The van der Waals surface area contributed by atoms with E-state index in [0.29, 0.717) is 18.2 Å². The molecule has 0 saturated heterocycles. The topological polar surface area (TPSA) is 48.2 Å². The van der Waals surface area contributed by atoms with Gasteiger partial charge in [0.1, 0.15) is 0 Å². The van der Waals surface area contributed by atoms with Crippen LogP contribution in [0, 0.1) is 13.8 Å². The molecule has 4 nitrogen and oxygen atoms in total. The van der Waals surface area contributed by atoms with Crippen LogP contribution in [-0.2, 0) is 6.61 Å². The lowest BCUT2D eigenvalue weighted by Gasteiger charge is -2.01. The molecule has 0 atom stereocenters. The maximum absolute atomic E-state index is 5.42. The van der Waals surface area contributed by atoms with Crippen LogP contribution in [0.1, 0.15) is 17.0 Å². The molecular weight excluding hydrogens is 192 g/mol. The molecule has 0 saturated carbocycles.